The monoisotopic (exact) mass is 206 g/mol. The molecule has 0 N–H and O–H groups in total. The van der Waals surface area contributed by atoms with Gasteiger partial charge in [0.2, 0.25) is 0 Å². The molecule has 0 saturated heterocycles. The first-order chi connectivity index (χ1) is 4.06. The third kappa shape index (κ3) is 9.22. The van der Waals surface area contributed by atoms with Crippen molar-refractivity contribution in [2.24, 2.45) is 0 Å². The zero-order chi connectivity index (χ0) is 7.33. The van der Waals surface area contributed by atoms with Gasteiger partial charge in [0.1, 0.15) is 0 Å². The Hall–Kier alpha value is 1.22. The van der Waals surface area contributed by atoms with Crippen LogP contribution in [0.15, 0.2) is 0 Å². The lowest BCUT2D eigenvalue weighted by atomic mass is 10.6. The molecule has 0 fully saturated rings. The average molecular weight is 208 g/mol. The van der Waals surface area contributed by atoms with Gasteiger partial charge in [-0.1, -0.05) is 41.7 Å². The van der Waals surface area contributed by atoms with E-state index < -0.39 is 3.79 Å². The molecule has 0 aliphatic heterocycles. The third-order valence-corrected chi connectivity index (χ3v) is 2.20. The lowest BCUT2D eigenvalue weighted by molar-refractivity contribution is 0.988. The summed E-state index contributed by atoms with van der Waals surface area (Å²) < 4.78 is -1.05. The fourth-order valence-electron chi connectivity index (χ4n) is 0.332. The molecule has 0 aromatic carbocycles. The molecule has 9 heavy (non-hydrogen) atoms. The summed E-state index contributed by atoms with van der Waals surface area (Å²) in [6, 6.07) is 0. The summed E-state index contributed by atoms with van der Waals surface area (Å²) in [6.07, 6.45) is 0.635. The van der Waals surface area contributed by atoms with E-state index in [1.54, 1.807) is 11.8 Å². The minimum atomic E-state index is -1.05. The molecule has 4 heteroatoms. The molecule has 0 heterocycles. The summed E-state index contributed by atoms with van der Waals surface area (Å²) in [6.45, 7) is 2.09. The van der Waals surface area contributed by atoms with Crippen LogP contribution in [0, 0.1) is 0 Å². The lowest BCUT2D eigenvalue weighted by Gasteiger charge is -2.08. The number of halogens is 3. The highest BCUT2D eigenvalue weighted by molar-refractivity contribution is 7.99. The van der Waals surface area contributed by atoms with Gasteiger partial charge >= 0.3 is 0 Å². The van der Waals surface area contributed by atoms with Crippen LogP contribution in [0.25, 0.3) is 0 Å². The Kier molecular flexibility index (Phi) is 5.62. The van der Waals surface area contributed by atoms with Crippen LogP contribution in [0.5, 0.6) is 0 Å². The SMILES string of the molecule is CCSCCC(Cl)(Cl)Cl. The average Bonchev–Trinajstić information content (AvgIpc) is 1.63. The van der Waals surface area contributed by atoms with E-state index in [1.807, 2.05) is 0 Å². The molecule has 0 rings (SSSR count). The molecule has 0 amide bonds. The van der Waals surface area contributed by atoms with Crippen LogP contribution < -0.4 is 0 Å². The summed E-state index contributed by atoms with van der Waals surface area (Å²) in [5.41, 5.74) is 0. The van der Waals surface area contributed by atoms with Gasteiger partial charge in [0.15, 0.2) is 3.79 Å². The standard InChI is InChI=1S/C5H9Cl3S/c1-2-9-4-3-5(6,7)8/h2-4H2,1H3. The van der Waals surface area contributed by atoms with E-state index >= 15 is 0 Å². The minimum absolute atomic E-state index is 0.635. The van der Waals surface area contributed by atoms with Crippen LogP contribution in [-0.4, -0.2) is 15.3 Å². The van der Waals surface area contributed by atoms with Crippen molar-refractivity contribution < 1.29 is 0 Å². The van der Waals surface area contributed by atoms with Crippen LogP contribution in [0.1, 0.15) is 13.3 Å². The molecule has 0 radical (unpaired) electrons. The number of rotatable bonds is 3. The van der Waals surface area contributed by atoms with Gasteiger partial charge in [0, 0.05) is 6.42 Å². The molecular formula is C5H9Cl3S. The Bertz CT molecular complexity index is 69.1. The Labute approximate surface area is 75.2 Å². The fourth-order valence-corrected chi connectivity index (χ4v) is 1.69. The Morgan fingerprint density at radius 1 is 1.33 bits per heavy atom. The van der Waals surface area contributed by atoms with Gasteiger partial charge in [-0.25, -0.2) is 0 Å². The molecule has 0 saturated carbocycles. The molecule has 0 unspecified atom stereocenters. The largest absolute Gasteiger partial charge is 0.191 e. The van der Waals surface area contributed by atoms with Crippen molar-refractivity contribution in [3.8, 4) is 0 Å². The van der Waals surface area contributed by atoms with Gasteiger partial charge in [-0.05, 0) is 11.5 Å². The zero-order valence-electron chi connectivity index (χ0n) is 5.16. The van der Waals surface area contributed by atoms with Gasteiger partial charge in [-0.3, -0.25) is 0 Å². The van der Waals surface area contributed by atoms with Crippen LogP contribution in [-0.2, 0) is 0 Å². The first-order valence-corrected chi connectivity index (χ1v) is 4.99. The summed E-state index contributed by atoms with van der Waals surface area (Å²) in [7, 11) is 0. The van der Waals surface area contributed by atoms with Crippen molar-refractivity contribution in [2.75, 3.05) is 11.5 Å². The highest BCUT2D eigenvalue weighted by atomic mass is 35.6. The maximum Gasteiger partial charge on any atom is 0.191 e. The number of alkyl halides is 3. The van der Waals surface area contributed by atoms with E-state index in [1.165, 1.54) is 0 Å². The number of hydrogen-bond donors (Lipinski definition) is 0. The smallest absolute Gasteiger partial charge is 0.162 e. The predicted octanol–water partition coefficient (Wildman–Crippen LogP) is 3.50. The normalized spacial score (nSPS) is 12.0. The van der Waals surface area contributed by atoms with Crippen LogP contribution >= 0.6 is 46.6 Å². The Morgan fingerprint density at radius 3 is 2.22 bits per heavy atom. The maximum absolute atomic E-state index is 5.49. The highest BCUT2D eigenvalue weighted by Gasteiger charge is 2.17. The quantitative estimate of drug-likeness (QED) is 0.504. The third-order valence-electron chi connectivity index (χ3n) is 0.734. The van der Waals surface area contributed by atoms with Crippen LogP contribution in [0.2, 0.25) is 0 Å². The summed E-state index contributed by atoms with van der Waals surface area (Å²) >= 11 is 18.2. The second kappa shape index (κ2) is 4.95. The Balaban J connectivity index is 3.07. The van der Waals surface area contributed by atoms with Gasteiger partial charge in [-0.2, -0.15) is 11.8 Å². The lowest BCUT2D eigenvalue weighted by Crippen LogP contribution is -2.02. The van der Waals surface area contributed by atoms with Gasteiger partial charge in [0.25, 0.3) is 0 Å². The molecule has 0 aromatic rings. The summed E-state index contributed by atoms with van der Waals surface area (Å²) in [5.74, 6) is 2.01. The molecule has 0 aromatic heterocycles. The van der Waals surface area contributed by atoms with Gasteiger partial charge < -0.3 is 0 Å². The molecule has 0 aliphatic rings. The first kappa shape index (κ1) is 10.2. The predicted molar refractivity (Wildman–Crippen MR) is 47.9 cm³/mol. The highest BCUT2D eigenvalue weighted by Crippen LogP contribution is 2.31. The second-order valence-electron chi connectivity index (χ2n) is 1.56. The molecule has 0 spiro atoms. The van der Waals surface area contributed by atoms with E-state index in [4.69, 9.17) is 34.8 Å². The summed E-state index contributed by atoms with van der Waals surface area (Å²) in [5, 5.41) is 0. The topological polar surface area (TPSA) is 0 Å². The van der Waals surface area contributed by atoms with Crippen LogP contribution in [0.4, 0.5) is 0 Å². The Morgan fingerprint density at radius 2 is 1.89 bits per heavy atom. The van der Waals surface area contributed by atoms with Crippen molar-refractivity contribution in [2.45, 2.75) is 17.1 Å². The molecule has 0 aliphatic carbocycles. The van der Waals surface area contributed by atoms with E-state index in [9.17, 15) is 0 Å². The van der Waals surface area contributed by atoms with E-state index in [2.05, 4.69) is 6.92 Å². The molecule has 0 atom stereocenters. The number of hydrogen-bond acceptors (Lipinski definition) is 1. The fraction of sp³-hybridized carbons (Fsp3) is 1.00. The van der Waals surface area contributed by atoms with Crippen molar-refractivity contribution in [1.82, 2.24) is 0 Å². The van der Waals surface area contributed by atoms with Gasteiger partial charge in [-0.15, -0.1) is 0 Å². The minimum Gasteiger partial charge on any atom is -0.162 e. The van der Waals surface area contributed by atoms with E-state index in [0.29, 0.717) is 6.42 Å². The maximum atomic E-state index is 5.49. The summed E-state index contributed by atoms with van der Waals surface area (Å²) in [4.78, 5) is 0. The second-order valence-corrected chi connectivity index (χ2v) is 5.47. The molecule has 0 nitrogen and oxygen atoms in total. The zero-order valence-corrected chi connectivity index (χ0v) is 8.25. The molecular weight excluding hydrogens is 198 g/mol. The van der Waals surface area contributed by atoms with E-state index in [-0.39, 0.29) is 0 Å². The van der Waals surface area contributed by atoms with Crippen molar-refractivity contribution in [3.05, 3.63) is 0 Å². The van der Waals surface area contributed by atoms with Crippen molar-refractivity contribution in [3.63, 3.8) is 0 Å². The molecule has 0 bridgehead atoms. The number of thioether (sulfide) groups is 1. The first-order valence-electron chi connectivity index (χ1n) is 2.70. The molecule has 56 valence electrons. The van der Waals surface area contributed by atoms with Gasteiger partial charge in [0.05, 0.1) is 0 Å². The van der Waals surface area contributed by atoms with Crippen LogP contribution in [0.3, 0.4) is 0 Å². The van der Waals surface area contributed by atoms with Crippen molar-refractivity contribution >= 4 is 46.6 Å². The van der Waals surface area contributed by atoms with Crippen molar-refractivity contribution in [1.29, 1.82) is 0 Å². The van der Waals surface area contributed by atoms with E-state index in [0.717, 1.165) is 11.5 Å².